The quantitative estimate of drug-likeness (QED) is 0.0323. The highest BCUT2D eigenvalue weighted by atomic mass is 35.5. The molecule has 1 atom stereocenters. The van der Waals surface area contributed by atoms with Crippen molar-refractivity contribution in [2.75, 3.05) is 31.7 Å². The number of nitrogen functional groups attached to an aromatic ring is 2. The number of nitrogens with two attached hydrogens (primary N) is 2. The number of esters is 1. The molecule has 1 aromatic heterocycles. The Morgan fingerprint density at radius 3 is 2.09 bits per heavy atom. The van der Waals surface area contributed by atoms with E-state index in [0.29, 0.717) is 60.4 Å². The van der Waals surface area contributed by atoms with E-state index < -0.39 is 76.4 Å². The van der Waals surface area contributed by atoms with Gasteiger partial charge in [0.05, 0.1) is 35.4 Å². The van der Waals surface area contributed by atoms with Crippen molar-refractivity contribution in [1.82, 2.24) is 25.4 Å². The molecule has 3 aliphatic heterocycles. The Morgan fingerprint density at radius 1 is 0.814 bits per heavy atom. The number of fused-ring (bicyclic) bond motifs is 9. The number of aromatic nitrogens is 3. The molecule has 0 radical (unpaired) electrons. The minimum atomic E-state index is -5.19. The average molecular weight is 1010 g/mol. The third-order valence-electron chi connectivity index (χ3n) is 12.2. The highest BCUT2D eigenvalue weighted by Crippen LogP contribution is 2.60. The van der Waals surface area contributed by atoms with Gasteiger partial charge in [0.1, 0.15) is 17.6 Å². The summed E-state index contributed by atoms with van der Waals surface area (Å²) < 4.78 is 90.6. The first-order chi connectivity index (χ1) is 33.3. The first kappa shape index (κ1) is 47.7. The van der Waals surface area contributed by atoms with E-state index in [-0.39, 0.29) is 46.7 Å². The molecule has 8 N–H and O–H groups in total. The van der Waals surface area contributed by atoms with Gasteiger partial charge in [0.25, 0.3) is 26.1 Å². The smallest absolute Gasteiger partial charge is 0.340 e. The highest BCUT2D eigenvalue weighted by Gasteiger charge is 2.56. The van der Waals surface area contributed by atoms with Crippen LogP contribution < -0.4 is 31.6 Å². The fraction of sp³-hybridized carbons (Fsp3) is 0.234. The van der Waals surface area contributed by atoms with Crippen LogP contribution in [-0.2, 0) is 35.4 Å². The lowest BCUT2D eigenvalue weighted by Gasteiger charge is -2.37. The molecule has 20 nitrogen and oxygen atoms in total. The van der Waals surface area contributed by atoms with Gasteiger partial charge in [-0.3, -0.25) is 28.3 Å². The number of halogens is 1. The van der Waals surface area contributed by atoms with Crippen LogP contribution in [0.5, 0.6) is 17.2 Å². The Labute approximate surface area is 405 Å². The molecule has 23 heteroatoms. The summed E-state index contributed by atoms with van der Waals surface area (Å²) in [5.74, 6) is -1.17. The fourth-order valence-corrected chi connectivity index (χ4v) is 10.7. The van der Waals surface area contributed by atoms with Crippen LogP contribution in [0.15, 0.2) is 99.7 Å². The first-order valence-corrected chi connectivity index (χ1v) is 24.9. The molecule has 2 amide bonds. The maximum absolute atomic E-state index is 13.6. The van der Waals surface area contributed by atoms with Gasteiger partial charge in [-0.25, -0.2) is 4.79 Å². The maximum atomic E-state index is 13.6. The number of ether oxygens (including phenoxy) is 3. The third-order valence-corrected chi connectivity index (χ3v) is 14.4. The Balaban J connectivity index is 0.859. The summed E-state index contributed by atoms with van der Waals surface area (Å²) in [4.78, 5) is 43.6. The molecule has 0 saturated heterocycles. The van der Waals surface area contributed by atoms with Crippen LogP contribution in [0.4, 0.5) is 11.4 Å². The number of benzene rings is 5. The predicted octanol–water partition coefficient (Wildman–Crippen LogP) is 5.85. The van der Waals surface area contributed by atoms with E-state index in [1.165, 1.54) is 30.3 Å². The number of carbonyl (C=O) groups is 3. The van der Waals surface area contributed by atoms with Crippen LogP contribution in [0, 0.1) is 6.92 Å². The summed E-state index contributed by atoms with van der Waals surface area (Å²) in [6.45, 7) is 2.46. The average Bonchev–Trinajstić information content (AvgIpc) is 3.79. The molecule has 6 aromatic rings. The normalized spacial score (nSPS) is 15.2. The predicted molar refractivity (Wildman–Crippen MR) is 254 cm³/mol. The van der Waals surface area contributed by atoms with Gasteiger partial charge >= 0.3 is 5.97 Å². The van der Waals surface area contributed by atoms with Crippen LogP contribution in [-0.4, -0.2) is 84.4 Å². The molecule has 362 valence electrons. The van der Waals surface area contributed by atoms with E-state index in [1.54, 1.807) is 19.2 Å². The van der Waals surface area contributed by atoms with Crippen LogP contribution >= 0.6 is 11.6 Å². The van der Waals surface area contributed by atoms with Crippen LogP contribution in [0.2, 0.25) is 5.02 Å². The molecule has 0 bridgehead atoms. The molecule has 1 unspecified atom stereocenters. The minimum absolute atomic E-state index is 0.0144. The summed E-state index contributed by atoms with van der Waals surface area (Å²) in [5, 5.41) is 15.2. The molecule has 70 heavy (non-hydrogen) atoms. The maximum Gasteiger partial charge on any atom is 0.340 e. The Morgan fingerprint density at radius 2 is 1.46 bits per heavy atom. The number of rotatable bonds is 14. The summed E-state index contributed by atoms with van der Waals surface area (Å²) in [6, 6.07) is 21.4. The number of hydrogen-bond acceptors (Lipinski definition) is 15. The van der Waals surface area contributed by atoms with Crippen molar-refractivity contribution in [1.29, 1.82) is 0 Å². The van der Waals surface area contributed by atoms with Crippen LogP contribution in [0.3, 0.4) is 0 Å². The molecule has 1 spiro atoms. The summed E-state index contributed by atoms with van der Waals surface area (Å²) >= 11 is 6.23. The van der Waals surface area contributed by atoms with Crippen molar-refractivity contribution in [3.63, 3.8) is 0 Å². The van der Waals surface area contributed by atoms with Gasteiger partial charge in [-0.2, -0.15) is 16.8 Å². The lowest BCUT2D eigenvalue weighted by Crippen LogP contribution is -2.35. The number of aryl methyl sites for hydroxylation is 1. The van der Waals surface area contributed by atoms with Gasteiger partial charge in [0.2, 0.25) is 5.91 Å². The SMILES string of the molecule is COc1ccc2c(c1)C(c1ccc(Cl)cc1)=NC(CCC(=O)NCCCCCNC(=O)c1ccc3c(c1)C1(OC3=O)c3ccc(N)c(S(=O)(=O)O)c3Oc3c1ccc(N)c3S(=O)(=O)O)c1nnc(C)n1-2. The third kappa shape index (κ3) is 8.46. The first-order valence-electron chi connectivity index (χ1n) is 21.7. The van der Waals surface area contributed by atoms with E-state index in [2.05, 4.69) is 20.8 Å². The van der Waals surface area contributed by atoms with E-state index in [9.17, 15) is 40.3 Å². The lowest BCUT2D eigenvalue weighted by molar-refractivity contribution is -0.121. The number of unbranched alkanes of at least 4 members (excludes halogenated alkanes) is 2. The fourth-order valence-electron chi connectivity index (χ4n) is 9.04. The second kappa shape index (κ2) is 18.2. The molecular weight excluding hydrogens is 968 g/mol. The number of methoxy groups -OCH3 is 1. The van der Waals surface area contributed by atoms with Crippen LogP contribution in [0.25, 0.3) is 5.69 Å². The number of hydrogen-bond donors (Lipinski definition) is 6. The summed E-state index contributed by atoms with van der Waals surface area (Å²) in [6.07, 6.45) is 2.25. The number of aliphatic imine (C=N–C) groups is 1. The van der Waals surface area contributed by atoms with Crippen molar-refractivity contribution in [2.45, 2.75) is 60.5 Å². The van der Waals surface area contributed by atoms with Crippen molar-refractivity contribution in [2.24, 2.45) is 4.99 Å². The van der Waals surface area contributed by atoms with E-state index in [1.807, 2.05) is 41.8 Å². The molecule has 0 fully saturated rings. The molecule has 9 rings (SSSR count). The summed E-state index contributed by atoms with van der Waals surface area (Å²) in [5.41, 5.74) is 11.5. The molecular formula is C47H43ClN8O12S2. The van der Waals surface area contributed by atoms with Gasteiger partial charge in [0, 0.05) is 57.9 Å². The van der Waals surface area contributed by atoms with E-state index in [0.717, 1.165) is 28.9 Å². The Hall–Kier alpha value is -7.37. The van der Waals surface area contributed by atoms with Crippen molar-refractivity contribution in [3.05, 3.63) is 141 Å². The number of anilines is 2. The summed E-state index contributed by atoms with van der Waals surface area (Å²) in [7, 11) is -8.78. The van der Waals surface area contributed by atoms with Gasteiger partial charge in [-0.05, 0) is 105 Å². The van der Waals surface area contributed by atoms with E-state index >= 15 is 0 Å². The monoisotopic (exact) mass is 1010 g/mol. The van der Waals surface area contributed by atoms with Gasteiger partial charge in [-0.1, -0.05) is 23.7 Å². The minimum Gasteiger partial charge on any atom is -0.497 e. The second-order valence-corrected chi connectivity index (χ2v) is 19.8. The molecule has 0 saturated carbocycles. The largest absolute Gasteiger partial charge is 0.497 e. The van der Waals surface area contributed by atoms with Gasteiger partial charge in [-0.15, -0.1) is 10.2 Å². The number of nitrogens with one attached hydrogen (secondary N) is 2. The Bertz CT molecular complexity index is 3350. The number of carbonyl (C=O) groups excluding carboxylic acids is 3. The topological polar surface area (TPSA) is 307 Å². The zero-order chi connectivity index (χ0) is 49.9. The zero-order valence-electron chi connectivity index (χ0n) is 37.2. The van der Waals surface area contributed by atoms with E-state index in [4.69, 9.17) is 42.3 Å². The number of amides is 2. The highest BCUT2D eigenvalue weighted by molar-refractivity contribution is 7.86. The lowest BCUT2D eigenvalue weighted by atomic mass is 9.77. The molecule has 3 aliphatic rings. The van der Waals surface area contributed by atoms with Crippen molar-refractivity contribution in [3.8, 4) is 22.9 Å². The van der Waals surface area contributed by atoms with Crippen LogP contribution in [0.1, 0.15) is 98.3 Å². The standard InChI is InChI=1S/C47H43ClN8O12S2/c1-24-54-55-44-36(53-39(25-6-9-27(48)10-7-25)30-23-28(66-2)11-18-37(30)56(24)44)17-19-38(57)51-20-4-3-5-21-52-45(58)26-8-12-29-33(22-26)47(68-46(29)59)31-13-15-34(49)42(69(60,61)62)40(31)67-41-32(47)14-16-35(50)43(41)70(63,64)65/h6-16,18,22-23,36H,3-5,17,19-21,49-50H2,1-2H3,(H,51,57)(H,52,58)(H,60,61,62)(H,63,64,65). The molecule has 4 heterocycles. The van der Waals surface area contributed by atoms with Gasteiger partial charge in [0.15, 0.2) is 32.7 Å². The van der Waals surface area contributed by atoms with Crippen molar-refractivity contribution >= 4 is 66.7 Å². The molecule has 5 aromatic carbocycles. The Kier molecular flexibility index (Phi) is 12.4. The molecule has 0 aliphatic carbocycles. The van der Waals surface area contributed by atoms with Crippen molar-refractivity contribution < 1.29 is 54.5 Å². The second-order valence-electron chi connectivity index (χ2n) is 16.6. The van der Waals surface area contributed by atoms with Gasteiger partial charge < -0.3 is 36.3 Å². The number of nitrogens with zero attached hydrogens (tertiary/aromatic N) is 4. The zero-order valence-corrected chi connectivity index (χ0v) is 39.6.